The van der Waals surface area contributed by atoms with Crippen molar-refractivity contribution in [1.82, 2.24) is 24.7 Å². The summed E-state index contributed by atoms with van der Waals surface area (Å²) in [6, 6.07) is 2.29. The molecule has 1 fully saturated rings. The van der Waals surface area contributed by atoms with Crippen LogP contribution in [0.25, 0.3) is 17.0 Å². The molecule has 142 valence electrons. The van der Waals surface area contributed by atoms with E-state index >= 15 is 0 Å². The van der Waals surface area contributed by atoms with E-state index in [1.54, 1.807) is 36.8 Å². The van der Waals surface area contributed by atoms with Crippen LogP contribution in [0.2, 0.25) is 0 Å². The fourth-order valence-corrected chi connectivity index (χ4v) is 3.04. The molecule has 2 atom stereocenters. The highest BCUT2D eigenvalue weighted by atomic mass is 19.1. The number of nitrogens with one attached hydrogen (secondary N) is 2. The number of imidazole rings is 1. The molecular weight excluding hydrogens is 354 g/mol. The van der Waals surface area contributed by atoms with Crippen LogP contribution in [-0.4, -0.2) is 49.8 Å². The van der Waals surface area contributed by atoms with Gasteiger partial charge in [0.25, 0.3) is 0 Å². The molecule has 3 aromatic heterocycles. The predicted octanol–water partition coefficient (Wildman–Crippen LogP) is 1.88. The van der Waals surface area contributed by atoms with Gasteiger partial charge in [-0.3, -0.25) is 9.38 Å². The number of rotatable bonds is 4. The van der Waals surface area contributed by atoms with Gasteiger partial charge in [-0.2, -0.15) is 0 Å². The van der Waals surface area contributed by atoms with Crippen molar-refractivity contribution in [3.8, 4) is 11.4 Å². The SMILES string of the molecule is CC(C)(O)c1cn2c(-c3ccc(F)c(N[C@H]4CNC[C@@H]4F)n3)cnc2cn1. The van der Waals surface area contributed by atoms with Gasteiger partial charge >= 0.3 is 0 Å². The summed E-state index contributed by atoms with van der Waals surface area (Å²) >= 11 is 0. The van der Waals surface area contributed by atoms with Gasteiger partial charge in [0.15, 0.2) is 17.3 Å². The smallest absolute Gasteiger partial charge is 0.165 e. The van der Waals surface area contributed by atoms with Crippen LogP contribution < -0.4 is 10.6 Å². The van der Waals surface area contributed by atoms with E-state index in [4.69, 9.17) is 0 Å². The Morgan fingerprint density at radius 1 is 1.26 bits per heavy atom. The maximum atomic E-state index is 14.2. The fraction of sp³-hybridized carbons (Fsp3) is 0.389. The van der Waals surface area contributed by atoms with Gasteiger partial charge in [-0.05, 0) is 26.0 Å². The number of fused-ring (bicyclic) bond motifs is 1. The van der Waals surface area contributed by atoms with Gasteiger partial charge in [0.05, 0.1) is 35.5 Å². The lowest BCUT2D eigenvalue weighted by atomic mass is 10.1. The Labute approximate surface area is 154 Å². The molecule has 0 radical (unpaired) electrons. The van der Waals surface area contributed by atoms with Crippen LogP contribution in [0.4, 0.5) is 14.6 Å². The number of hydrogen-bond donors (Lipinski definition) is 3. The Hall–Kier alpha value is -2.65. The van der Waals surface area contributed by atoms with E-state index in [1.165, 1.54) is 12.1 Å². The van der Waals surface area contributed by atoms with Crippen molar-refractivity contribution >= 4 is 11.5 Å². The molecule has 0 aliphatic carbocycles. The van der Waals surface area contributed by atoms with Crippen molar-refractivity contribution < 1.29 is 13.9 Å². The first-order chi connectivity index (χ1) is 12.8. The number of alkyl halides is 1. The molecule has 3 N–H and O–H groups in total. The van der Waals surface area contributed by atoms with Gasteiger partial charge in [-0.15, -0.1) is 0 Å². The zero-order valence-electron chi connectivity index (χ0n) is 14.9. The number of nitrogens with zero attached hydrogens (tertiary/aromatic N) is 4. The Bertz CT molecular complexity index is 984. The second-order valence-electron chi connectivity index (χ2n) is 7.16. The average Bonchev–Trinajstić information content (AvgIpc) is 3.22. The third-order valence-corrected chi connectivity index (χ3v) is 4.59. The van der Waals surface area contributed by atoms with Crippen molar-refractivity contribution in [1.29, 1.82) is 0 Å². The summed E-state index contributed by atoms with van der Waals surface area (Å²) in [5.41, 5.74) is 1.00. The second-order valence-corrected chi connectivity index (χ2v) is 7.16. The summed E-state index contributed by atoms with van der Waals surface area (Å²) in [5, 5.41) is 16.0. The minimum atomic E-state index is -1.12. The molecule has 7 nitrogen and oxygen atoms in total. The highest BCUT2D eigenvalue weighted by molar-refractivity contribution is 5.62. The minimum Gasteiger partial charge on any atom is -0.384 e. The van der Waals surface area contributed by atoms with E-state index in [1.807, 2.05) is 0 Å². The first-order valence-corrected chi connectivity index (χ1v) is 8.67. The number of hydrogen-bond acceptors (Lipinski definition) is 6. The largest absolute Gasteiger partial charge is 0.384 e. The van der Waals surface area contributed by atoms with E-state index in [-0.39, 0.29) is 12.4 Å². The molecule has 4 heterocycles. The Morgan fingerprint density at radius 2 is 2.07 bits per heavy atom. The van der Waals surface area contributed by atoms with Crippen LogP contribution in [0, 0.1) is 5.82 Å². The van der Waals surface area contributed by atoms with Crippen LogP contribution in [0.3, 0.4) is 0 Å². The molecule has 0 unspecified atom stereocenters. The van der Waals surface area contributed by atoms with Crippen LogP contribution >= 0.6 is 0 Å². The molecule has 1 aliphatic rings. The van der Waals surface area contributed by atoms with Gasteiger partial charge < -0.3 is 15.7 Å². The van der Waals surface area contributed by atoms with Crippen molar-refractivity contribution in [2.24, 2.45) is 0 Å². The molecule has 9 heteroatoms. The summed E-state index contributed by atoms with van der Waals surface area (Å²) in [7, 11) is 0. The standard InChI is InChI=1S/C18H20F2N6O/c1-18(2,27)15-9-26-14(7-23-16(26)8-22-15)12-4-3-10(19)17(24-12)25-13-6-21-5-11(13)20/h3-4,7-9,11,13,21,27H,5-6H2,1-2H3,(H,24,25)/t11-,13-/m0/s1. The van der Waals surface area contributed by atoms with Gasteiger partial charge in [0.1, 0.15) is 11.8 Å². The maximum absolute atomic E-state index is 14.2. The van der Waals surface area contributed by atoms with E-state index in [0.29, 0.717) is 29.3 Å². The summed E-state index contributed by atoms with van der Waals surface area (Å²) in [6.07, 6.45) is 3.72. The Morgan fingerprint density at radius 3 is 2.78 bits per heavy atom. The molecule has 1 aliphatic heterocycles. The normalized spacial score (nSPS) is 20.3. The highest BCUT2D eigenvalue weighted by Gasteiger charge is 2.28. The zero-order chi connectivity index (χ0) is 19.2. The first kappa shape index (κ1) is 17.7. The predicted molar refractivity (Wildman–Crippen MR) is 96.6 cm³/mol. The lowest BCUT2D eigenvalue weighted by molar-refractivity contribution is 0.0734. The summed E-state index contributed by atoms with van der Waals surface area (Å²) < 4.78 is 29.8. The summed E-state index contributed by atoms with van der Waals surface area (Å²) in [4.78, 5) is 12.8. The van der Waals surface area contributed by atoms with E-state index in [9.17, 15) is 13.9 Å². The van der Waals surface area contributed by atoms with Gasteiger partial charge in [0.2, 0.25) is 0 Å². The van der Waals surface area contributed by atoms with Gasteiger partial charge in [0, 0.05) is 19.3 Å². The van der Waals surface area contributed by atoms with Crippen LogP contribution in [0.1, 0.15) is 19.5 Å². The van der Waals surface area contributed by atoms with Crippen molar-refractivity contribution in [2.45, 2.75) is 31.7 Å². The molecule has 3 aromatic rings. The quantitative estimate of drug-likeness (QED) is 0.646. The van der Waals surface area contributed by atoms with Crippen LogP contribution in [0.5, 0.6) is 0 Å². The molecule has 0 aromatic carbocycles. The topological polar surface area (TPSA) is 87.4 Å². The second kappa shape index (κ2) is 6.50. The maximum Gasteiger partial charge on any atom is 0.165 e. The van der Waals surface area contributed by atoms with E-state index in [2.05, 4.69) is 25.6 Å². The van der Waals surface area contributed by atoms with Gasteiger partial charge in [-0.1, -0.05) is 0 Å². The fourth-order valence-electron chi connectivity index (χ4n) is 3.04. The lowest BCUT2D eigenvalue weighted by Gasteiger charge is -2.17. The molecule has 0 saturated carbocycles. The average molecular weight is 374 g/mol. The third-order valence-electron chi connectivity index (χ3n) is 4.59. The van der Waals surface area contributed by atoms with Crippen LogP contribution in [-0.2, 0) is 5.60 Å². The number of pyridine rings is 1. The Kier molecular flexibility index (Phi) is 4.27. The first-order valence-electron chi connectivity index (χ1n) is 8.67. The molecule has 1 saturated heterocycles. The minimum absolute atomic E-state index is 0.00410. The number of halogens is 2. The number of anilines is 1. The van der Waals surface area contributed by atoms with Crippen LogP contribution in [0.15, 0.2) is 30.7 Å². The molecule has 27 heavy (non-hydrogen) atoms. The number of aromatic nitrogens is 4. The van der Waals surface area contributed by atoms with Crippen molar-refractivity contribution in [3.63, 3.8) is 0 Å². The molecule has 0 amide bonds. The zero-order valence-corrected chi connectivity index (χ0v) is 14.9. The van der Waals surface area contributed by atoms with Gasteiger partial charge in [-0.25, -0.2) is 18.7 Å². The monoisotopic (exact) mass is 374 g/mol. The third kappa shape index (κ3) is 3.35. The summed E-state index contributed by atoms with van der Waals surface area (Å²) in [6.45, 7) is 3.92. The lowest BCUT2D eigenvalue weighted by Crippen LogP contribution is -2.30. The van der Waals surface area contributed by atoms with E-state index in [0.717, 1.165) is 0 Å². The van der Waals surface area contributed by atoms with Crippen molar-refractivity contribution in [3.05, 3.63) is 42.2 Å². The molecule has 0 spiro atoms. The molecule has 4 rings (SSSR count). The number of aliphatic hydroxyl groups is 1. The Balaban J connectivity index is 1.74. The summed E-state index contributed by atoms with van der Waals surface area (Å²) in [5.74, 6) is -0.555. The van der Waals surface area contributed by atoms with E-state index < -0.39 is 23.6 Å². The highest BCUT2D eigenvalue weighted by Crippen LogP contribution is 2.25. The molecular formula is C18H20F2N6O. The molecule has 0 bridgehead atoms. The van der Waals surface area contributed by atoms with Crippen molar-refractivity contribution in [2.75, 3.05) is 18.4 Å².